The molecule has 29 heavy (non-hydrogen) atoms. The minimum atomic E-state index is 0.0392. The van der Waals surface area contributed by atoms with Crippen molar-refractivity contribution < 1.29 is 18.7 Å². The Morgan fingerprint density at radius 3 is 2.79 bits per heavy atom. The second-order valence-electron chi connectivity index (χ2n) is 6.82. The Balaban J connectivity index is 1.38. The molecule has 0 atom stereocenters. The quantitative estimate of drug-likeness (QED) is 0.345. The fourth-order valence-corrected chi connectivity index (χ4v) is 4.31. The molecule has 0 aliphatic carbocycles. The van der Waals surface area contributed by atoms with E-state index in [1.807, 2.05) is 62.4 Å². The summed E-state index contributed by atoms with van der Waals surface area (Å²) in [5.74, 6) is 1.76. The second kappa shape index (κ2) is 7.00. The van der Waals surface area contributed by atoms with Gasteiger partial charge in [0.2, 0.25) is 6.79 Å². The van der Waals surface area contributed by atoms with Crippen LogP contribution in [0.4, 0.5) is 0 Å². The number of fused-ring (bicyclic) bond motifs is 2. The molecular weight excluding hydrogens is 388 g/mol. The van der Waals surface area contributed by atoms with Crippen molar-refractivity contribution in [3.63, 3.8) is 0 Å². The highest BCUT2D eigenvalue weighted by Gasteiger charge is 2.20. The van der Waals surface area contributed by atoms with Gasteiger partial charge >= 0.3 is 0 Å². The monoisotopic (exact) mass is 406 g/mol. The molecule has 0 fully saturated rings. The van der Waals surface area contributed by atoms with E-state index in [0.717, 1.165) is 39.7 Å². The number of ketones is 1. The van der Waals surface area contributed by atoms with E-state index >= 15 is 0 Å². The zero-order valence-electron chi connectivity index (χ0n) is 16.0. The number of Topliss-reactive ketones (excluding diaryl/α,β-unsaturated/α-hetero) is 1. The number of carbonyl (C=O) groups is 1. The van der Waals surface area contributed by atoms with Gasteiger partial charge in [-0.25, -0.2) is 4.98 Å². The number of nitrogens with zero attached hydrogens (tertiary/aromatic N) is 2. The zero-order chi connectivity index (χ0) is 20.0. The summed E-state index contributed by atoms with van der Waals surface area (Å²) in [6.07, 6.45) is 0. The normalized spacial score (nSPS) is 12.6. The molecule has 0 unspecified atom stereocenters. The van der Waals surface area contributed by atoms with E-state index in [1.165, 1.54) is 11.8 Å². The molecule has 4 aromatic rings. The summed E-state index contributed by atoms with van der Waals surface area (Å²) in [5, 5.41) is 0.504. The highest BCUT2D eigenvalue weighted by molar-refractivity contribution is 7.99. The number of aryl methyl sites for hydroxylation is 1. The molecule has 1 aliphatic rings. The maximum atomic E-state index is 12.9. The van der Waals surface area contributed by atoms with Crippen LogP contribution in [0, 0.1) is 13.8 Å². The molecule has 0 N–H and O–H groups in total. The van der Waals surface area contributed by atoms with Gasteiger partial charge in [-0.05, 0) is 44.2 Å². The minimum absolute atomic E-state index is 0.0392. The molecule has 0 radical (unpaired) electrons. The number of oxazole rings is 1. The number of carbonyl (C=O) groups excluding carboxylic acids is 1. The molecule has 2 aromatic heterocycles. The van der Waals surface area contributed by atoms with Crippen LogP contribution in [0.25, 0.3) is 16.8 Å². The fraction of sp³-hybridized carbons (Fsp3) is 0.182. The van der Waals surface area contributed by atoms with Crippen molar-refractivity contribution in [3.8, 4) is 17.2 Å². The molecule has 7 heteroatoms. The number of benzene rings is 2. The number of aromatic nitrogens is 2. The van der Waals surface area contributed by atoms with Crippen LogP contribution in [-0.2, 0) is 0 Å². The van der Waals surface area contributed by atoms with Gasteiger partial charge in [0.1, 0.15) is 5.52 Å². The molecular formula is C22H18N2O4S. The van der Waals surface area contributed by atoms with Gasteiger partial charge < -0.3 is 18.5 Å². The molecule has 146 valence electrons. The molecule has 0 spiro atoms. The van der Waals surface area contributed by atoms with Gasteiger partial charge in [-0.15, -0.1) is 0 Å². The van der Waals surface area contributed by atoms with Gasteiger partial charge in [0.25, 0.3) is 5.22 Å². The number of ether oxygens (including phenoxy) is 2. The van der Waals surface area contributed by atoms with Gasteiger partial charge in [-0.1, -0.05) is 23.9 Å². The smallest absolute Gasteiger partial charge is 0.257 e. The highest BCUT2D eigenvalue weighted by Crippen LogP contribution is 2.35. The van der Waals surface area contributed by atoms with Crippen LogP contribution < -0.4 is 9.47 Å². The predicted octanol–water partition coefficient (Wildman–Crippen LogP) is 4.94. The average molecular weight is 406 g/mol. The van der Waals surface area contributed by atoms with Crippen LogP contribution in [0.5, 0.6) is 11.5 Å². The van der Waals surface area contributed by atoms with Crippen LogP contribution in [0.2, 0.25) is 0 Å². The molecule has 1 aliphatic heterocycles. The lowest BCUT2D eigenvalue weighted by atomic mass is 10.2. The Morgan fingerprint density at radius 1 is 1.10 bits per heavy atom. The van der Waals surface area contributed by atoms with Gasteiger partial charge in [0.05, 0.1) is 5.75 Å². The Labute approximate surface area is 171 Å². The van der Waals surface area contributed by atoms with E-state index < -0.39 is 0 Å². The Hall–Kier alpha value is -3.19. The second-order valence-corrected chi connectivity index (χ2v) is 7.74. The van der Waals surface area contributed by atoms with Crippen LogP contribution >= 0.6 is 11.8 Å². The van der Waals surface area contributed by atoms with Crippen LogP contribution in [0.15, 0.2) is 58.2 Å². The summed E-state index contributed by atoms with van der Waals surface area (Å²) in [5.41, 5.74) is 5.03. The number of hydrogen-bond donors (Lipinski definition) is 0. The molecule has 0 amide bonds. The Kier molecular flexibility index (Phi) is 4.32. The van der Waals surface area contributed by atoms with E-state index in [4.69, 9.17) is 13.9 Å². The third kappa shape index (κ3) is 3.17. The van der Waals surface area contributed by atoms with Crippen molar-refractivity contribution in [1.82, 2.24) is 9.55 Å². The van der Waals surface area contributed by atoms with E-state index in [1.54, 1.807) is 0 Å². The van der Waals surface area contributed by atoms with Crippen molar-refractivity contribution >= 4 is 28.6 Å². The maximum Gasteiger partial charge on any atom is 0.257 e. The molecule has 6 nitrogen and oxygen atoms in total. The summed E-state index contributed by atoms with van der Waals surface area (Å²) >= 11 is 1.31. The number of para-hydroxylation sites is 2. The fourth-order valence-electron chi connectivity index (χ4n) is 3.58. The largest absolute Gasteiger partial charge is 0.454 e. The minimum Gasteiger partial charge on any atom is -0.454 e. The highest BCUT2D eigenvalue weighted by atomic mass is 32.2. The number of hydrogen-bond acceptors (Lipinski definition) is 6. The van der Waals surface area contributed by atoms with Crippen LogP contribution in [-0.4, -0.2) is 27.9 Å². The first-order valence-corrected chi connectivity index (χ1v) is 10.2. The first-order chi connectivity index (χ1) is 14.1. The van der Waals surface area contributed by atoms with Crippen molar-refractivity contribution in [1.29, 1.82) is 0 Å². The van der Waals surface area contributed by atoms with E-state index in [-0.39, 0.29) is 18.3 Å². The first kappa shape index (κ1) is 17.9. The summed E-state index contributed by atoms with van der Waals surface area (Å²) in [6.45, 7) is 4.18. The molecule has 0 saturated heterocycles. The van der Waals surface area contributed by atoms with Crippen molar-refractivity contribution in [2.24, 2.45) is 0 Å². The van der Waals surface area contributed by atoms with Gasteiger partial charge in [0, 0.05) is 28.7 Å². The summed E-state index contributed by atoms with van der Waals surface area (Å²) < 4.78 is 18.6. The summed E-state index contributed by atoms with van der Waals surface area (Å²) in [6, 6.07) is 15.3. The third-order valence-corrected chi connectivity index (χ3v) is 5.77. The van der Waals surface area contributed by atoms with Crippen molar-refractivity contribution in [2.75, 3.05) is 12.5 Å². The Bertz CT molecular complexity index is 1210. The molecule has 2 aromatic carbocycles. The maximum absolute atomic E-state index is 12.9. The molecule has 5 rings (SSSR count). The van der Waals surface area contributed by atoms with Gasteiger partial charge in [-0.2, -0.15) is 0 Å². The van der Waals surface area contributed by atoms with Crippen molar-refractivity contribution in [3.05, 3.63) is 65.5 Å². The summed E-state index contributed by atoms with van der Waals surface area (Å²) in [4.78, 5) is 17.3. The number of thioether (sulfide) groups is 1. The topological polar surface area (TPSA) is 66.5 Å². The van der Waals surface area contributed by atoms with Crippen molar-refractivity contribution in [2.45, 2.75) is 19.1 Å². The lowest BCUT2D eigenvalue weighted by Crippen LogP contribution is -2.05. The zero-order valence-corrected chi connectivity index (χ0v) is 16.8. The van der Waals surface area contributed by atoms with Crippen LogP contribution in [0.1, 0.15) is 21.7 Å². The van der Waals surface area contributed by atoms with E-state index in [0.29, 0.717) is 10.8 Å². The molecule has 0 saturated carbocycles. The predicted molar refractivity (Wildman–Crippen MR) is 110 cm³/mol. The van der Waals surface area contributed by atoms with Gasteiger partial charge in [-0.3, -0.25) is 4.79 Å². The molecule has 0 bridgehead atoms. The number of rotatable bonds is 5. The standard InChI is InChI=1S/C22H18N2O4S/c1-13-9-16(14(2)24(13)15-7-8-20-21(10-15)27-12-26-20)18(25)11-29-22-23-17-5-3-4-6-19(17)28-22/h3-10H,11-12H2,1-2H3. The van der Waals surface area contributed by atoms with E-state index in [9.17, 15) is 4.79 Å². The van der Waals surface area contributed by atoms with E-state index in [2.05, 4.69) is 9.55 Å². The first-order valence-electron chi connectivity index (χ1n) is 9.21. The Morgan fingerprint density at radius 2 is 1.93 bits per heavy atom. The van der Waals surface area contributed by atoms with Gasteiger partial charge in [0.15, 0.2) is 22.9 Å². The summed E-state index contributed by atoms with van der Waals surface area (Å²) in [7, 11) is 0. The average Bonchev–Trinajstić information content (AvgIpc) is 3.42. The lowest BCUT2D eigenvalue weighted by Gasteiger charge is -2.10. The third-order valence-electron chi connectivity index (χ3n) is 4.95. The lowest BCUT2D eigenvalue weighted by molar-refractivity contribution is 0.102. The molecule has 3 heterocycles. The van der Waals surface area contributed by atoms with Crippen LogP contribution in [0.3, 0.4) is 0 Å². The SMILES string of the molecule is Cc1cc(C(=O)CSc2nc3ccccc3o2)c(C)n1-c1ccc2c(c1)OCO2.